The number of allylic oxidation sites excluding steroid dienone is 7. The monoisotopic (exact) mass is 788 g/mol. The Morgan fingerprint density at radius 2 is 0.915 bits per heavy atom. The number of hydrogen-bond donors (Lipinski definition) is 0. The number of rotatable bonds is 22. The van der Waals surface area contributed by atoms with Crippen LogP contribution in [0.15, 0.2) is 164 Å². The van der Waals surface area contributed by atoms with E-state index >= 15 is 0 Å². The van der Waals surface area contributed by atoms with Gasteiger partial charge in [-0.3, -0.25) is 0 Å². The first-order chi connectivity index (χ1) is 28.8. The van der Waals surface area contributed by atoms with Gasteiger partial charge >= 0.3 is 17.9 Å². The molecule has 4 aromatic rings. The van der Waals surface area contributed by atoms with Crippen LogP contribution in [0.4, 0.5) is 0 Å². The third-order valence-corrected chi connectivity index (χ3v) is 10.1. The van der Waals surface area contributed by atoms with Gasteiger partial charge in [-0.25, -0.2) is 14.4 Å². The van der Waals surface area contributed by atoms with Crippen molar-refractivity contribution in [2.45, 2.75) is 70.6 Å². The summed E-state index contributed by atoms with van der Waals surface area (Å²) >= 11 is 0. The minimum atomic E-state index is -0.473. The van der Waals surface area contributed by atoms with Crippen molar-refractivity contribution in [2.75, 3.05) is 19.8 Å². The molecule has 5 rings (SSSR count). The average molecular weight is 789 g/mol. The molecular formula is C53H56O6. The molecule has 0 saturated carbocycles. The van der Waals surface area contributed by atoms with Crippen molar-refractivity contribution in [3.8, 4) is 33.4 Å². The van der Waals surface area contributed by atoms with E-state index in [-0.39, 0.29) is 11.9 Å². The van der Waals surface area contributed by atoms with Gasteiger partial charge in [0.2, 0.25) is 0 Å². The number of esters is 3. The lowest BCUT2D eigenvalue weighted by molar-refractivity contribution is -0.138. The Kier molecular flexibility index (Phi) is 17.3. The highest BCUT2D eigenvalue weighted by Crippen LogP contribution is 2.31. The summed E-state index contributed by atoms with van der Waals surface area (Å²) in [6.45, 7) is 14.2. The molecular weight excluding hydrogens is 733 g/mol. The van der Waals surface area contributed by atoms with Crippen LogP contribution in [-0.2, 0) is 19.0 Å². The zero-order valence-electron chi connectivity index (χ0n) is 34.3. The molecule has 0 aromatic heterocycles. The van der Waals surface area contributed by atoms with Crippen molar-refractivity contribution in [1.29, 1.82) is 0 Å². The quantitative estimate of drug-likeness (QED) is 0.0341. The predicted molar refractivity (Wildman–Crippen MR) is 240 cm³/mol. The lowest BCUT2D eigenvalue weighted by Gasteiger charge is -2.12. The molecule has 0 N–H and O–H groups in total. The number of hydrogen-bond acceptors (Lipinski definition) is 6. The van der Waals surface area contributed by atoms with Crippen LogP contribution < -0.4 is 0 Å². The van der Waals surface area contributed by atoms with Crippen molar-refractivity contribution in [1.82, 2.24) is 0 Å². The zero-order valence-corrected chi connectivity index (χ0v) is 34.3. The van der Waals surface area contributed by atoms with E-state index in [1.807, 2.05) is 61.6 Å². The van der Waals surface area contributed by atoms with Gasteiger partial charge in [-0.05, 0) is 128 Å². The van der Waals surface area contributed by atoms with E-state index in [1.54, 1.807) is 18.2 Å². The summed E-state index contributed by atoms with van der Waals surface area (Å²) in [5.74, 6) is -1.30. The van der Waals surface area contributed by atoms with Gasteiger partial charge in [0.05, 0.1) is 36.5 Å². The molecule has 1 aliphatic carbocycles. The zero-order chi connectivity index (χ0) is 41.8. The molecule has 1 aliphatic rings. The number of carbonyl (C=O) groups excluding carboxylic acids is 3. The maximum atomic E-state index is 13.1. The number of unbranched alkanes of at least 4 members (excludes halogenated alkanes) is 6. The molecule has 1 atom stereocenters. The van der Waals surface area contributed by atoms with Gasteiger partial charge < -0.3 is 14.2 Å². The third kappa shape index (κ3) is 13.4. The van der Waals surface area contributed by atoms with E-state index < -0.39 is 11.9 Å². The Labute approximate surface area is 350 Å². The Balaban J connectivity index is 1.27. The second kappa shape index (κ2) is 23.2. The summed E-state index contributed by atoms with van der Waals surface area (Å²) in [5.41, 5.74) is 9.14. The molecule has 6 nitrogen and oxygen atoms in total. The molecule has 0 fully saturated rings. The Hall–Kier alpha value is -6.27. The second-order valence-corrected chi connectivity index (χ2v) is 14.7. The lowest BCUT2D eigenvalue weighted by Crippen LogP contribution is -2.11. The van der Waals surface area contributed by atoms with Crippen molar-refractivity contribution in [2.24, 2.45) is 0 Å². The molecule has 1 unspecified atom stereocenters. The SMILES string of the molecule is C=CCCCCOC(=O)C1=CC(c2ccc(-c3ccc(-c4ccc(-c5cc(C(=O)OCCCCC=C)cc(C(=O)OCCCCC=C)c5)cc4)cc3)cc2)C=CC(C)=C1. The van der Waals surface area contributed by atoms with E-state index in [1.165, 1.54) is 0 Å². The van der Waals surface area contributed by atoms with Crippen LogP contribution >= 0.6 is 0 Å². The fourth-order valence-electron chi connectivity index (χ4n) is 6.74. The first-order valence-electron chi connectivity index (χ1n) is 20.7. The minimum Gasteiger partial charge on any atom is -0.462 e. The van der Waals surface area contributed by atoms with Crippen LogP contribution in [0.1, 0.15) is 96.9 Å². The first-order valence-corrected chi connectivity index (χ1v) is 20.7. The van der Waals surface area contributed by atoms with Crippen LogP contribution in [-0.4, -0.2) is 37.7 Å². The Bertz CT molecular complexity index is 2100. The van der Waals surface area contributed by atoms with Gasteiger partial charge in [0, 0.05) is 5.92 Å². The first kappa shape index (κ1) is 43.8. The number of benzene rings is 4. The van der Waals surface area contributed by atoms with Crippen molar-refractivity contribution in [3.05, 3.63) is 181 Å². The van der Waals surface area contributed by atoms with Crippen molar-refractivity contribution in [3.63, 3.8) is 0 Å². The highest BCUT2D eigenvalue weighted by atomic mass is 16.5. The maximum absolute atomic E-state index is 13.1. The van der Waals surface area contributed by atoms with Gasteiger partial charge in [0.1, 0.15) is 0 Å². The van der Waals surface area contributed by atoms with Crippen LogP contribution in [0.5, 0.6) is 0 Å². The van der Waals surface area contributed by atoms with E-state index in [4.69, 9.17) is 14.2 Å². The second-order valence-electron chi connectivity index (χ2n) is 14.7. The fourth-order valence-corrected chi connectivity index (χ4v) is 6.74. The standard InChI is InChI=1S/C53H56O6/c1-5-8-11-14-31-57-51(54)48-34-39(4)17-18-46(35-48)44-27-23-42(24-28-44)40-19-21-41(22-20-40)43-25-29-45(30-26-43)47-36-49(52(55)58-32-15-12-9-6-2)38-50(37-47)53(56)59-33-16-13-10-7-3/h5-7,17-30,34-38,46H,1-3,8-16,31-33H2,4H3. The molecule has 4 aromatic carbocycles. The normalized spacial score (nSPS) is 13.3. The van der Waals surface area contributed by atoms with Crippen molar-refractivity contribution >= 4 is 17.9 Å². The lowest BCUT2D eigenvalue weighted by atomic mass is 9.93. The summed E-state index contributed by atoms with van der Waals surface area (Å²) in [6.07, 6.45) is 21.3. The van der Waals surface area contributed by atoms with E-state index in [0.29, 0.717) is 36.5 Å². The Morgan fingerprint density at radius 1 is 0.525 bits per heavy atom. The molecule has 0 bridgehead atoms. The number of ether oxygens (including phenoxy) is 3. The molecule has 0 spiro atoms. The van der Waals surface area contributed by atoms with E-state index in [9.17, 15) is 14.4 Å². The van der Waals surface area contributed by atoms with Gasteiger partial charge in [0.15, 0.2) is 0 Å². The molecule has 0 amide bonds. The van der Waals surface area contributed by atoms with E-state index in [0.717, 1.165) is 102 Å². The molecule has 0 aliphatic heterocycles. The van der Waals surface area contributed by atoms with Gasteiger partial charge in [0.25, 0.3) is 0 Å². The molecule has 304 valence electrons. The summed E-state index contributed by atoms with van der Waals surface area (Å²) in [6, 6.07) is 30.0. The fraction of sp³-hybridized carbons (Fsp3) is 0.264. The van der Waals surface area contributed by atoms with Crippen molar-refractivity contribution < 1.29 is 28.6 Å². The third-order valence-electron chi connectivity index (χ3n) is 10.1. The molecule has 0 heterocycles. The van der Waals surface area contributed by atoms with Crippen LogP contribution in [0, 0.1) is 0 Å². The van der Waals surface area contributed by atoms with E-state index in [2.05, 4.69) is 80.4 Å². The summed E-state index contributed by atoms with van der Waals surface area (Å²) in [5, 5.41) is 0. The maximum Gasteiger partial charge on any atom is 0.338 e. The summed E-state index contributed by atoms with van der Waals surface area (Å²) in [7, 11) is 0. The number of carbonyl (C=O) groups is 3. The average Bonchev–Trinajstić information content (AvgIpc) is 3.47. The van der Waals surface area contributed by atoms with Gasteiger partial charge in [-0.2, -0.15) is 0 Å². The minimum absolute atomic E-state index is 0.0574. The van der Waals surface area contributed by atoms with Crippen LogP contribution in [0.3, 0.4) is 0 Å². The van der Waals surface area contributed by atoms with Crippen LogP contribution in [0.25, 0.3) is 33.4 Å². The van der Waals surface area contributed by atoms with Crippen LogP contribution in [0.2, 0.25) is 0 Å². The highest BCUT2D eigenvalue weighted by molar-refractivity contribution is 5.97. The largest absolute Gasteiger partial charge is 0.462 e. The molecule has 0 saturated heterocycles. The van der Waals surface area contributed by atoms with Gasteiger partial charge in [-0.15, -0.1) is 19.7 Å². The summed E-state index contributed by atoms with van der Waals surface area (Å²) < 4.78 is 16.7. The molecule has 59 heavy (non-hydrogen) atoms. The molecule has 6 heteroatoms. The highest BCUT2D eigenvalue weighted by Gasteiger charge is 2.18. The summed E-state index contributed by atoms with van der Waals surface area (Å²) in [4.78, 5) is 39.1. The smallest absolute Gasteiger partial charge is 0.338 e. The topological polar surface area (TPSA) is 78.9 Å². The van der Waals surface area contributed by atoms with Gasteiger partial charge in [-0.1, -0.05) is 115 Å². The Morgan fingerprint density at radius 3 is 1.34 bits per heavy atom. The predicted octanol–water partition coefficient (Wildman–Crippen LogP) is 13.1. The molecule has 0 radical (unpaired) electrons.